The minimum Gasteiger partial charge on any atom is -0.494 e. The van der Waals surface area contributed by atoms with Crippen LogP contribution in [0, 0.1) is 0 Å². The quantitative estimate of drug-likeness (QED) is 0.682. The van der Waals surface area contributed by atoms with Crippen LogP contribution in [0.15, 0.2) is 59.1 Å². The van der Waals surface area contributed by atoms with E-state index in [1.807, 2.05) is 37.3 Å². The molecule has 2 heterocycles. The number of ether oxygens (including phenoxy) is 1. The summed E-state index contributed by atoms with van der Waals surface area (Å²) < 4.78 is 10.9. The second kappa shape index (κ2) is 9.19. The Balaban J connectivity index is 0.00000225. The Kier molecular flexibility index (Phi) is 6.67. The number of halogens is 1. The first-order valence-corrected chi connectivity index (χ1v) is 9.31. The van der Waals surface area contributed by atoms with Gasteiger partial charge in [-0.1, -0.05) is 35.5 Å². The van der Waals surface area contributed by atoms with E-state index in [1.54, 1.807) is 0 Å². The average Bonchev–Trinajstić information content (AvgIpc) is 3.30. The van der Waals surface area contributed by atoms with Gasteiger partial charge in [0.2, 0.25) is 11.7 Å². The molecule has 0 spiro atoms. The van der Waals surface area contributed by atoms with E-state index in [0.29, 0.717) is 30.8 Å². The molecule has 28 heavy (non-hydrogen) atoms. The maximum Gasteiger partial charge on any atom is 0.241 e. The first-order valence-electron chi connectivity index (χ1n) is 9.31. The number of rotatable bonds is 6. The molecule has 4 rings (SSSR count). The molecule has 1 saturated heterocycles. The average molecular weight is 401 g/mol. The van der Waals surface area contributed by atoms with Crippen molar-refractivity contribution in [3.8, 4) is 17.1 Å². The molecule has 7 heteroatoms. The summed E-state index contributed by atoms with van der Waals surface area (Å²) in [7, 11) is 0. The first-order chi connectivity index (χ1) is 13.2. The molecule has 2 aromatic carbocycles. The van der Waals surface area contributed by atoms with Crippen LogP contribution in [-0.2, 0) is 6.54 Å². The summed E-state index contributed by atoms with van der Waals surface area (Å²) in [4.78, 5) is 6.82. The van der Waals surface area contributed by atoms with Crippen LogP contribution in [0.25, 0.3) is 11.4 Å². The SMILES string of the molecule is CCOc1ccc(-c2noc(CN3C[C@@H](N)[C@H](c4ccccc4)C3)n2)cc1.Cl. The fourth-order valence-corrected chi connectivity index (χ4v) is 3.59. The standard InChI is InChI=1S/C21H24N4O2.ClH/c1-2-26-17-10-8-16(9-11-17)21-23-20(27-24-21)14-25-12-18(19(22)13-25)15-6-4-3-5-7-15;/h3-11,18-19H,2,12-14,22H2,1H3;1H/t18-,19+;/m0./s1. The predicted octanol–water partition coefficient (Wildman–Crippen LogP) is 3.48. The number of likely N-dealkylation sites (tertiary alicyclic amines) is 1. The lowest BCUT2D eigenvalue weighted by Gasteiger charge is -2.14. The summed E-state index contributed by atoms with van der Waals surface area (Å²) in [5.41, 5.74) is 8.57. The zero-order valence-corrected chi connectivity index (χ0v) is 16.6. The molecule has 6 nitrogen and oxygen atoms in total. The Hall–Kier alpha value is -2.41. The maximum absolute atomic E-state index is 6.37. The molecule has 0 aliphatic carbocycles. The maximum atomic E-state index is 6.37. The highest BCUT2D eigenvalue weighted by Crippen LogP contribution is 2.27. The highest BCUT2D eigenvalue weighted by atomic mass is 35.5. The van der Waals surface area contributed by atoms with Crippen molar-refractivity contribution in [1.82, 2.24) is 15.0 Å². The highest BCUT2D eigenvalue weighted by Gasteiger charge is 2.32. The molecule has 0 radical (unpaired) electrons. The Bertz CT molecular complexity index is 870. The van der Waals surface area contributed by atoms with Crippen molar-refractivity contribution < 1.29 is 9.26 Å². The van der Waals surface area contributed by atoms with Crippen LogP contribution in [0.4, 0.5) is 0 Å². The molecule has 1 aliphatic rings. The molecule has 148 valence electrons. The van der Waals surface area contributed by atoms with E-state index in [4.69, 9.17) is 15.0 Å². The van der Waals surface area contributed by atoms with Gasteiger partial charge in [-0.2, -0.15) is 4.98 Å². The predicted molar refractivity (Wildman–Crippen MR) is 111 cm³/mol. The van der Waals surface area contributed by atoms with Crippen LogP contribution in [0.3, 0.4) is 0 Å². The van der Waals surface area contributed by atoms with Crippen LogP contribution < -0.4 is 10.5 Å². The van der Waals surface area contributed by atoms with E-state index in [9.17, 15) is 0 Å². The molecule has 0 unspecified atom stereocenters. The Labute approximate surface area is 171 Å². The lowest BCUT2D eigenvalue weighted by Crippen LogP contribution is -2.28. The minimum atomic E-state index is 0. The molecule has 2 atom stereocenters. The van der Waals surface area contributed by atoms with Gasteiger partial charge in [-0.3, -0.25) is 4.90 Å². The van der Waals surface area contributed by atoms with Gasteiger partial charge >= 0.3 is 0 Å². The van der Waals surface area contributed by atoms with Crippen LogP contribution in [0.2, 0.25) is 0 Å². The molecular weight excluding hydrogens is 376 g/mol. The van der Waals surface area contributed by atoms with Gasteiger partial charge in [-0.15, -0.1) is 12.4 Å². The van der Waals surface area contributed by atoms with Gasteiger partial charge in [0.25, 0.3) is 0 Å². The second-order valence-electron chi connectivity index (χ2n) is 6.84. The van der Waals surface area contributed by atoms with Crippen molar-refractivity contribution in [3.05, 3.63) is 66.1 Å². The summed E-state index contributed by atoms with van der Waals surface area (Å²) in [6.45, 7) is 4.94. The molecule has 1 aliphatic heterocycles. The molecule has 3 aromatic rings. The first kappa shape index (κ1) is 20.3. The number of hydrogen-bond acceptors (Lipinski definition) is 6. The van der Waals surface area contributed by atoms with Crippen molar-refractivity contribution in [2.45, 2.75) is 25.4 Å². The summed E-state index contributed by atoms with van der Waals surface area (Å²) in [6, 6.07) is 18.3. The number of aromatic nitrogens is 2. The summed E-state index contributed by atoms with van der Waals surface area (Å²) in [6.07, 6.45) is 0. The monoisotopic (exact) mass is 400 g/mol. The number of nitrogens with two attached hydrogens (primary N) is 1. The van der Waals surface area contributed by atoms with E-state index in [-0.39, 0.29) is 18.4 Å². The molecule has 0 saturated carbocycles. The van der Waals surface area contributed by atoms with Crippen molar-refractivity contribution in [1.29, 1.82) is 0 Å². The van der Waals surface area contributed by atoms with Crippen molar-refractivity contribution >= 4 is 12.4 Å². The summed E-state index contributed by atoms with van der Waals surface area (Å²) >= 11 is 0. The van der Waals surface area contributed by atoms with Crippen molar-refractivity contribution in [2.24, 2.45) is 5.73 Å². The number of hydrogen-bond donors (Lipinski definition) is 1. The Morgan fingerprint density at radius 1 is 1.11 bits per heavy atom. The number of nitrogens with zero attached hydrogens (tertiary/aromatic N) is 3. The van der Waals surface area contributed by atoms with Gasteiger partial charge in [0.05, 0.1) is 13.2 Å². The molecule has 0 amide bonds. The topological polar surface area (TPSA) is 77.4 Å². The molecular formula is C21H25ClN4O2. The smallest absolute Gasteiger partial charge is 0.241 e. The van der Waals surface area contributed by atoms with Crippen LogP contribution in [0.5, 0.6) is 5.75 Å². The minimum absolute atomic E-state index is 0. The van der Waals surface area contributed by atoms with Gasteiger partial charge in [0.15, 0.2) is 0 Å². The fraction of sp³-hybridized carbons (Fsp3) is 0.333. The van der Waals surface area contributed by atoms with Gasteiger partial charge < -0.3 is 15.0 Å². The zero-order valence-electron chi connectivity index (χ0n) is 15.8. The van der Waals surface area contributed by atoms with E-state index in [1.165, 1.54) is 5.56 Å². The second-order valence-corrected chi connectivity index (χ2v) is 6.84. The van der Waals surface area contributed by atoms with E-state index in [2.05, 4.69) is 39.3 Å². The molecule has 1 aromatic heterocycles. The summed E-state index contributed by atoms with van der Waals surface area (Å²) in [5.74, 6) is 2.37. The van der Waals surface area contributed by atoms with Crippen LogP contribution in [-0.4, -0.2) is 40.8 Å². The molecule has 1 fully saturated rings. The van der Waals surface area contributed by atoms with E-state index < -0.39 is 0 Å². The lowest BCUT2D eigenvalue weighted by molar-refractivity contribution is 0.264. The van der Waals surface area contributed by atoms with Crippen molar-refractivity contribution in [3.63, 3.8) is 0 Å². The van der Waals surface area contributed by atoms with Crippen LogP contribution in [0.1, 0.15) is 24.3 Å². The third-order valence-electron chi connectivity index (χ3n) is 4.92. The number of benzene rings is 2. The zero-order chi connectivity index (χ0) is 18.6. The molecule has 0 bridgehead atoms. The van der Waals surface area contributed by atoms with E-state index in [0.717, 1.165) is 24.4 Å². The third-order valence-corrected chi connectivity index (χ3v) is 4.92. The van der Waals surface area contributed by atoms with Gasteiger partial charge in [-0.25, -0.2) is 0 Å². The van der Waals surface area contributed by atoms with Crippen LogP contribution >= 0.6 is 12.4 Å². The van der Waals surface area contributed by atoms with Gasteiger partial charge in [0.1, 0.15) is 5.75 Å². The highest BCUT2D eigenvalue weighted by molar-refractivity contribution is 5.85. The lowest BCUT2D eigenvalue weighted by atomic mass is 9.95. The normalized spacial score (nSPS) is 19.4. The largest absolute Gasteiger partial charge is 0.494 e. The van der Waals surface area contributed by atoms with Gasteiger partial charge in [0, 0.05) is 30.6 Å². The Morgan fingerprint density at radius 3 is 2.57 bits per heavy atom. The Morgan fingerprint density at radius 2 is 1.86 bits per heavy atom. The van der Waals surface area contributed by atoms with Gasteiger partial charge in [-0.05, 0) is 36.8 Å². The fourth-order valence-electron chi connectivity index (χ4n) is 3.59. The third kappa shape index (κ3) is 4.52. The van der Waals surface area contributed by atoms with E-state index >= 15 is 0 Å². The molecule has 2 N–H and O–H groups in total. The van der Waals surface area contributed by atoms with Crippen molar-refractivity contribution in [2.75, 3.05) is 19.7 Å². The summed E-state index contributed by atoms with van der Waals surface area (Å²) in [5, 5.41) is 4.12.